The first kappa shape index (κ1) is 15.3. The largest absolute Gasteiger partial charge is 0.492 e. The highest BCUT2D eigenvalue weighted by molar-refractivity contribution is 5.28. The zero-order valence-electron chi connectivity index (χ0n) is 12.9. The Morgan fingerprint density at radius 3 is 2.60 bits per heavy atom. The minimum Gasteiger partial charge on any atom is -0.492 e. The molecule has 0 saturated carbocycles. The van der Waals surface area contributed by atoms with Crippen molar-refractivity contribution in [1.82, 2.24) is 9.80 Å². The van der Waals surface area contributed by atoms with Gasteiger partial charge in [0.1, 0.15) is 12.4 Å². The summed E-state index contributed by atoms with van der Waals surface area (Å²) in [6.45, 7) is 9.08. The van der Waals surface area contributed by atoms with E-state index in [2.05, 4.69) is 30.7 Å². The average Bonchev–Trinajstić information content (AvgIpc) is 2.45. The molecule has 1 aromatic rings. The van der Waals surface area contributed by atoms with Crippen molar-refractivity contribution in [3.05, 3.63) is 29.8 Å². The SMILES string of the molecule is CC1CN(CCOc2cccc(CN)c2)CC(C)N1C. The normalized spacial score (nSPS) is 24.8. The Kier molecular flexibility index (Phi) is 5.40. The predicted molar refractivity (Wildman–Crippen MR) is 83.0 cm³/mol. The van der Waals surface area contributed by atoms with E-state index in [1.165, 1.54) is 0 Å². The molecule has 4 nitrogen and oxygen atoms in total. The molecule has 1 heterocycles. The van der Waals surface area contributed by atoms with Crippen molar-refractivity contribution < 1.29 is 4.74 Å². The molecule has 1 aromatic carbocycles. The summed E-state index contributed by atoms with van der Waals surface area (Å²) < 4.78 is 5.84. The lowest BCUT2D eigenvalue weighted by atomic mass is 10.1. The van der Waals surface area contributed by atoms with Crippen molar-refractivity contribution in [1.29, 1.82) is 0 Å². The van der Waals surface area contributed by atoms with Gasteiger partial charge in [-0.25, -0.2) is 0 Å². The number of nitrogens with two attached hydrogens (primary N) is 1. The topological polar surface area (TPSA) is 41.7 Å². The first-order valence-corrected chi connectivity index (χ1v) is 7.46. The highest BCUT2D eigenvalue weighted by Gasteiger charge is 2.25. The summed E-state index contributed by atoms with van der Waals surface area (Å²) in [7, 11) is 2.21. The van der Waals surface area contributed by atoms with E-state index in [1.807, 2.05) is 24.3 Å². The maximum atomic E-state index is 5.84. The summed E-state index contributed by atoms with van der Waals surface area (Å²) in [6.07, 6.45) is 0. The zero-order valence-corrected chi connectivity index (χ0v) is 12.9. The fourth-order valence-electron chi connectivity index (χ4n) is 2.75. The highest BCUT2D eigenvalue weighted by atomic mass is 16.5. The molecule has 2 N–H and O–H groups in total. The van der Waals surface area contributed by atoms with Gasteiger partial charge in [0.2, 0.25) is 0 Å². The molecule has 2 atom stereocenters. The van der Waals surface area contributed by atoms with Crippen molar-refractivity contribution in [2.75, 3.05) is 33.3 Å². The number of benzene rings is 1. The summed E-state index contributed by atoms with van der Waals surface area (Å²) in [5.74, 6) is 0.920. The molecular weight excluding hydrogens is 250 g/mol. The van der Waals surface area contributed by atoms with Crippen LogP contribution >= 0.6 is 0 Å². The molecule has 4 heteroatoms. The third-order valence-corrected chi connectivity index (χ3v) is 4.25. The first-order valence-electron chi connectivity index (χ1n) is 7.46. The van der Waals surface area contributed by atoms with E-state index in [-0.39, 0.29) is 0 Å². The summed E-state index contributed by atoms with van der Waals surface area (Å²) in [6, 6.07) is 9.26. The molecule has 0 radical (unpaired) electrons. The lowest BCUT2D eigenvalue weighted by Crippen LogP contribution is -2.55. The highest BCUT2D eigenvalue weighted by Crippen LogP contribution is 2.15. The Balaban J connectivity index is 1.78. The Hall–Kier alpha value is -1.10. The smallest absolute Gasteiger partial charge is 0.119 e. The van der Waals surface area contributed by atoms with Gasteiger partial charge in [-0.15, -0.1) is 0 Å². The van der Waals surface area contributed by atoms with Gasteiger partial charge in [-0.3, -0.25) is 9.80 Å². The monoisotopic (exact) mass is 277 g/mol. The fourth-order valence-corrected chi connectivity index (χ4v) is 2.75. The number of piperazine rings is 1. The minimum absolute atomic E-state index is 0.560. The van der Waals surface area contributed by atoms with Crippen LogP contribution in [0.2, 0.25) is 0 Å². The molecule has 0 aromatic heterocycles. The van der Waals surface area contributed by atoms with Crippen molar-refractivity contribution in [2.45, 2.75) is 32.5 Å². The lowest BCUT2D eigenvalue weighted by Gasteiger charge is -2.42. The molecule has 0 bridgehead atoms. The van der Waals surface area contributed by atoms with Crippen LogP contribution < -0.4 is 10.5 Å². The standard InChI is InChI=1S/C16H27N3O/c1-13-11-19(12-14(2)18(13)3)7-8-20-16-6-4-5-15(9-16)10-17/h4-6,9,13-14H,7-8,10-12,17H2,1-3H3. The summed E-state index contributed by atoms with van der Waals surface area (Å²) in [5.41, 5.74) is 6.75. The molecule has 1 aliphatic rings. The van der Waals surface area contributed by atoms with E-state index in [9.17, 15) is 0 Å². The van der Waals surface area contributed by atoms with Crippen LogP contribution in [-0.4, -0.2) is 55.2 Å². The second-order valence-electron chi connectivity index (χ2n) is 5.82. The Morgan fingerprint density at radius 2 is 1.95 bits per heavy atom. The summed E-state index contributed by atoms with van der Waals surface area (Å²) >= 11 is 0. The average molecular weight is 277 g/mol. The van der Waals surface area contributed by atoms with Gasteiger partial charge in [-0.1, -0.05) is 12.1 Å². The van der Waals surface area contributed by atoms with Gasteiger partial charge in [-0.05, 0) is 38.6 Å². The molecule has 2 unspecified atom stereocenters. The Labute approximate surface area is 122 Å². The predicted octanol–water partition coefficient (Wildman–Crippen LogP) is 1.55. The number of ether oxygens (including phenoxy) is 1. The van der Waals surface area contributed by atoms with Gasteiger partial charge in [0, 0.05) is 38.3 Å². The molecule has 2 rings (SSSR count). The van der Waals surface area contributed by atoms with Gasteiger partial charge < -0.3 is 10.5 Å². The van der Waals surface area contributed by atoms with Crippen LogP contribution in [0.4, 0.5) is 0 Å². The Bertz CT molecular complexity index is 412. The molecule has 112 valence electrons. The molecule has 0 amide bonds. The third kappa shape index (κ3) is 3.95. The molecule has 20 heavy (non-hydrogen) atoms. The van der Waals surface area contributed by atoms with Crippen LogP contribution in [0.25, 0.3) is 0 Å². The van der Waals surface area contributed by atoms with Crippen LogP contribution in [0.1, 0.15) is 19.4 Å². The fraction of sp³-hybridized carbons (Fsp3) is 0.625. The summed E-state index contributed by atoms with van der Waals surface area (Å²) in [4.78, 5) is 4.93. The second kappa shape index (κ2) is 7.07. The Morgan fingerprint density at radius 1 is 1.25 bits per heavy atom. The van der Waals surface area contributed by atoms with Crippen molar-refractivity contribution in [2.24, 2.45) is 5.73 Å². The minimum atomic E-state index is 0.560. The van der Waals surface area contributed by atoms with Gasteiger partial charge in [-0.2, -0.15) is 0 Å². The van der Waals surface area contributed by atoms with E-state index in [0.29, 0.717) is 18.6 Å². The van der Waals surface area contributed by atoms with Crippen LogP contribution in [0.15, 0.2) is 24.3 Å². The number of hydrogen-bond donors (Lipinski definition) is 1. The molecule has 1 aliphatic heterocycles. The molecular formula is C16H27N3O. The third-order valence-electron chi connectivity index (χ3n) is 4.25. The molecule has 0 spiro atoms. The van der Waals surface area contributed by atoms with Crippen molar-refractivity contribution >= 4 is 0 Å². The van der Waals surface area contributed by atoms with E-state index >= 15 is 0 Å². The van der Waals surface area contributed by atoms with Crippen molar-refractivity contribution in [3.8, 4) is 5.75 Å². The van der Waals surface area contributed by atoms with E-state index in [1.54, 1.807) is 0 Å². The van der Waals surface area contributed by atoms with E-state index in [0.717, 1.165) is 37.6 Å². The van der Waals surface area contributed by atoms with E-state index in [4.69, 9.17) is 10.5 Å². The van der Waals surface area contributed by atoms with Crippen LogP contribution in [0.5, 0.6) is 5.75 Å². The number of likely N-dealkylation sites (N-methyl/N-ethyl adjacent to an activating group) is 1. The second-order valence-corrected chi connectivity index (χ2v) is 5.82. The lowest BCUT2D eigenvalue weighted by molar-refractivity contribution is 0.0522. The summed E-state index contributed by atoms with van der Waals surface area (Å²) in [5, 5.41) is 0. The van der Waals surface area contributed by atoms with E-state index < -0.39 is 0 Å². The van der Waals surface area contributed by atoms with Gasteiger partial charge in [0.05, 0.1) is 0 Å². The van der Waals surface area contributed by atoms with Crippen molar-refractivity contribution in [3.63, 3.8) is 0 Å². The molecule has 1 saturated heterocycles. The number of hydrogen-bond acceptors (Lipinski definition) is 4. The maximum absolute atomic E-state index is 5.84. The molecule has 0 aliphatic carbocycles. The van der Waals surface area contributed by atoms with Crippen LogP contribution in [-0.2, 0) is 6.54 Å². The van der Waals surface area contributed by atoms with Gasteiger partial charge >= 0.3 is 0 Å². The number of rotatable bonds is 5. The first-order chi connectivity index (χ1) is 9.60. The quantitative estimate of drug-likeness (QED) is 0.886. The van der Waals surface area contributed by atoms with Crippen LogP contribution in [0.3, 0.4) is 0 Å². The zero-order chi connectivity index (χ0) is 14.5. The van der Waals surface area contributed by atoms with Gasteiger partial charge in [0.15, 0.2) is 0 Å². The van der Waals surface area contributed by atoms with Gasteiger partial charge in [0.25, 0.3) is 0 Å². The molecule has 1 fully saturated rings. The van der Waals surface area contributed by atoms with Crippen LogP contribution in [0, 0.1) is 0 Å². The maximum Gasteiger partial charge on any atom is 0.119 e. The number of nitrogens with zero attached hydrogens (tertiary/aromatic N) is 2.